The Hall–Kier alpha value is -2.53. The summed E-state index contributed by atoms with van der Waals surface area (Å²) in [5.74, 6) is -0.559. The van der Waals surface area contributed by atoms with Crippen LogP contribution in [-0.2, 0) is 0 Å². The summed E-state index contributed by atoms with van der Waals surface area (Å²) < 4.78 is 0. The monoisotopic (exact) mass is 318 g/mol. The summed E-state index contributed by atoms with van der Waals surface area (Å²) in [5.41, 5.74) is 3.89. The second-order valence-electron chi connectivity index (χ2n) is 4.56. The minimum Gasteiger partial charge on any atom is -0.508 e. The van der Waals surface area contributed by atoms with Crippen molar-refractivity contribution in [1.82, 2.24) is 5.43 Å². The zero-order chi connectivity index (χ0) is 16.1. The fraction of sp³-hybridized carbons (Fsp3) is 0.125. The van der Waals surface area contributed by atoms with Gasteiger partial charge < -0.3 is 10.2 Å². The molecule has 0 spiro atoms. The van der Waals surface area contributed by atoms with Crippen LogP contribution in [0.3, 0.4) is 0 Å². The van der Waals surface area contributed by atoms with E-state index in [9.17, 15) is 15.0 Å². The highest BCUT2D eigenvalue weighted by atomic mass is 35.5. The van der Waals surface area contributed by atoms with Crippen LogP contribution in [0, 0.1) is 0 Å². The summed E-state index contributed by atoms with van der Waals surface area (Å²) in [6.07, 6.45) is 0.590. The molecule has 0 aliphatic rings. The van der Waals surface area contributed by atoms with E-state index < -0.39 is 5.91 Å². The summed E-state index contributed by atoms with van der Waals surface area (Å²) >= 11 is 5.81. The van der Waals surface area contributed by atoms with Crippen LogP contribution >= 0.6 is 11.6 Å². The van der Waals surface area contributed by atoms with Gasteiger partial charge in [0.05, 0.1) is 11.3 Å². The third-order valence-corrected chi connectivity index (χ3v) is 3.27. The first-order valence-corrected chi connectivity index (χ1v) is 7.04. The summed E-state index contributed by atoms with van der Waals surface area (Å²) in [5, 5.41) is 23.4. The van der Waals surface area contributed by atoms with Crippen LogP contribution in [-0.4, -0.2) is 21.8 Å². The van der Waals surface area contributed by atoms with Gasteiger partial charge in [0.15, 0.2) is 0 Å². The van der Waals surface area contributed by atoms with Crippen molar-refractivity contribution in [2.75, 3.05) is 0 Å². The summed E-state index contributed by atoms with van der Waals surface area (Å²) in [6.45, 7) is 1.90. The highest BCUT2D eigenvalue weighted by Gasteiger charge is 2.11. The van der Waals surface area contributed by atoms with Crippen LogP contribution in [0.2, 0.25) is 5.02 Å². The smallest absolute Gasteiger partial charge is 0.275 e. The molecule has 2 aromatic rings. The van der Waals surface area contributed by atoms with Crippen LogP contribution in [0.25, 0.3) is 0 Å². The molecule has 1 amide bonds. The summed E-state index contributed by atoms with van der Waals surface area (Å²) in [7, 11) is 0. The van der Waals surface area contributed by atoms with E-state index in [0.717, 1.165) is 5.56 Å². The van der Waals surface area contributed by atoms with Gasteiger partial charge in [0.25, 0.3) is 5.91 Å². The predicted octanol–water partition coefficient (Wildman–Crippen LogP) is 3.30. The third-order valence-electron chi connectivity index (χ3n) is 3.03. The number of hydrogen-bond acceptors (Lipinski definition) is 4. The number of rotatable bonds is 4. The van der Waals surface area contributed by atoms with Gasteiger partial charge in [-0.3, -0.25) is 4.79 Å². The Labute approximate surface area is 132 Å². The van der Waals surface area contributed by atoms with Crippen molar-refractivity contribution in [3.05, 3.63) is 58.6 Å². The number of nitrogens with zero attached hydrogens (tertiary/aromatic N) is 1. The zero-order valence-corrected chi connectivity index (χ0v) is 12.6. The Morgan fingerprint density at radius 2 is 1.86 bits per heavy atom. The molecule has 2 aromatic carbocycles. The maximum atomic E-state index is 12.0. The summed E-state index contributed by atoms with van der Waals surface area (Å²) in [4.78, 5) is 12.0. The maximum absolute atomic E-state index is 12.0. The Morgan fingerprint density at radius 3 is 2.50 bits per heavy atom. The molecule has 6 heteroatoms. The Bertz CT molecular complexity index is 712. The Morgan fingerprint density at radius 1 is 1.18 bits per heavy atom. The van der Waals surface area contributed by atoms with Crippen molar-refractivity contribution < 1.29 is 15.0 Å². The van der Waals surface area contributed by atoms with E-state index in [4.69, 9.17) is 11.6 Å². The van der Waals surface area contributed by atoms with E-state index in [0.29, 0.717) is 17.2 Å². The molecule has 0 aromatic heterocycles. The molecular weight excluding hydrogens is 304 g/mol. The van der Waals surface area contributed by atoms with Crippen molar-refractivity contribution in [2.24, 2.45) is 5.10 Å². The lowest BCUT2D eigenvalue weighted by Gasteiger charge is -2.07. The van der Waals surface area contributed by atoms with Gasteiger partial charge in [0.2, 0.25) is 0 Å². The number of hydrazone groups is 1. The average molecular weight is 319 g/mol. The number of aromatic hydroxyl groups is 2. The lowest BCUT2D eigenvalue weighted by Crippen LogP contribution is -2.20. The molecule has 0 aliphatic heterocycles. The normalized spacial score (nSPS) is 11.3. The van der Waals surface area contributed by atoms with Crippen LogP contribution in [0.4, 0.5) is 0 Å². The molecule has 0 fully saturated rings. The topological polar surface area (TPSA) is 81.9 Å². The molecule has 2 rings (SSSR count). The zero-order valence-electron chi connectivity index (χ0n) is 11.9. The van der Waals surface area contributed by atoms with Crippen molar-refractivity contribution in [3.63, 3.8) is 0 Å². The molecule has 0 bridgehead atoms. The van der Waals surface area contributed by atoms with E-state index in [1.807, 2.05) is 6.92 Å². The largest absolute Gasteiger partial charge is 0.508 e. The van der Waals surface area contributed by atoms with E-state index >= 15 is 0 Å². The van der Waals surface area contributed by atoms with E-state index in [1.165, 1.54) is 18.2 Å². The number of phenols is 2. The number of hydrogen-bond donors (Lipinski definition) is 3. The second-order valence-corrected chi connectivity index (χ2v) is 5.00. The minimum atomic E-state index is -0.551. The highest BCUT2D eigenvalue weighted by Crippen LogP contribution is 2.21. The van der Waals surface area contributed by atoms with Gasteiger partial charge in [-0.2, -0.15) is 5.10 Å². The standard InChI is InChI=1S/C16H15ClN2O3/c1-2-14(10-3-6-12(20)7-4-10)18-19-16(22)13-9-11(17)5-8-15(13)21/h3-9,20-21H,2H2,1H3,(H,19,22)/b18-14+. The SMILES string of the molecule is CC/C(=N\NC(=O)c1cc(Cl)ccc1O)c1ccc(O)cc1. The van der Waals surface area contributed by atoms with Crippen LogP contribution in [0.15, 0.2) is 47.6 Å². The van der Waals surface area contributed by atoms with Crippen molar-refractivity contribution in [3.8, 4) is 11.5 Å². The van der Waals surface area contributed by atoms with E-state index in [-0.39, 0.29) is 17.1 Å². The maximum Gasteiger partial charge on any atom is 0.275 e. The third kappa shape index (κ3) is 3.77. The first kappa shape index (κ1) is 15.9. The van der Waals surface area contributed by atoms with Gasteiger partial charge in [-0.1, -0.05) is 18.5 Å². The highest BCUT2D eigenvalue weighted by molar-refractivity contribution is 6.31. The molecule has 0 saturated heterocycles. The number of carbonyl (C=O) groups is 1. The van der Waals surface area contributed by atoms with Crippen LogP contribution in [0.1, 0.15) is 29.3 Å². The van der Waals surface area contributed by atoms with Crippen molar-refractivity contribution >= 4 is 23.2 Å². The number of phenolic OH excluding ortho intramolecular Hbond substituents is 2. The first-order chi connectivity index (χ1) is 10.5. The first-order valence-electron chi connectivity index (χ1n) is 6.66. The van der Waals surface area contributed by atoms with Crippen LogP contribution in [0.5, 0.6) is 11.5 Å². The average Bonchev–Trinajstić information content (AvgIpc) is 2.51. The van der Waals surface area contributed by atoms with Gasteiger partial charge >= 0.3 is 0 Å². The van der Waals surface area contributed by atoms with E-state index in [2.05, 4.69) is 10.5 Å². The number of halogens is 1. The summed E-state index contributed by atoms with van der Waals surface area (Å²) in [6, 6.07) is 10.7. The molecule has 5 nitrogen and oxygen atoms in total. The fourth-order valence-corrected chi connectivity index (χ4v) is 2.04. The van der Waals surface area contributed by atoms with Gasteiger partial charge in [-0.15, -0.1) is 0 Å². The minimum absolute atomic E-state index is 0.0532. The lowest BCUT2D eigenvalue weighted by molar-refractivity contribution is 0.0952. The molecule has 0 unspecified atom stereocenters. The Kier molecular flexibility index (Phi) is 5.01. The molecule has 3 N–H and O–H groups in total. The molecular formula is C16H15ClN2O3. The number of benzene rings is 2. The van der Waals surface area contributed by atoms with Crippen LogP contribution < -0.4 is 5.43 Å². The Balaban J connectivity index is 2.19. The van der Waals surface area contributed by atoms with Gasteiger partial charge in [-0.25, -0.2) is 5.43 Å². The molecule has 0 atom stereocenters. The predicted molar refractivity (Wildman–Crippen MR) is 85.5 cm³/mol. The molecule has 114 valence electrons. The van der Waals surface area contributed by atoms with Crippen molar-refractivity contribution in [1.29, 1.82) is 0 Å². The van der Waals surface area contributed by atoms with Gasteiger partial charge in [0.1, 0.15) is 11.5 Å². The lowest BCUT2D eigenvalue weighted by atomic mass is 10.1. The fourth-order valence-electron chi connectivity index (χ4n) is 1.87. The second kappa shape index (κ2) is 6.95. The van der Waals surface area contributed by atoms with E-state index in [1.54, 1.807) is 24.3 Å². The molecule has 22 heavy (non-hydrogen) atoms. The van der Waals surface area contributed by atoms with Gasteiger partial charge in [-0.05, 0) is 54.4 Å². The quantitative estimate of drug-likeness (QED) is 0.597. The van der Waals surface area contributed by atoms with Crippen molar-refractivity contribution in [2.45, 2.75) is 13.3 Å². The molecule has 0 heterocycles. The number of nitrogens with one attached hydrogen (secondary N) is 1. The molecule has 0 aliphatic carbocycles. The number of carbonyl (C=O) groups excluding carboxylic acids is 1. The van der Waals surface area contributed by atoms with Gasteiger partial charge in [0, 0.05) is 5.02 Å². The molecule has 0 radical (unpaired) electrons. The molecule has 0 saturated carbocycles. The number of amides is 1.